The number of nitrogens with one attached hydrogen (secondary N) is 1. The van der Waals surface area contributed by atoms with E-state index in [9.17, 15) is 14.0 Å². The predicted molar refractivity (Wildman–Crippen MR) is 89.9 cm³/mol. The Morgan fingerprint density at radius 1 is 1.33 bits per heavy atom. The first-order chi connectivity index (χ1) is 11.4. The minimum atomic E-state index is -1.28. The first kappa shape index (κ1) is 16.6. The van der Waals surface area contributed by atoms with Crippen LogP contribution in [0.3, 0.4) is 0 Å². The second-order valence-corrected chi connectivity index (χ2v) is 6.83. The minimum absolute atomic E-state index is 0.143. The quantitative estimate of drug-likeness (QED) is 0.815. The zero-order valence-corrected chi connectivity index (χ0v) is 14.5. The standard InChI is InChI=1S/C18H15BrFNO3/c1-18(9-12-4-2-3-5-15(12)16(22)24-18)17(23)21-10-11-6-13(19)8-14(20)7-11/h2-8H,9-10H2,1H3,(H,21,23). The highest BCUT2D eigenvalue weighted by Gasteiger charge is 2.42. The van der Waals surface area contributed by atoms with Crippen LogP contribution in [0, 0.1) is 5.82 Å². The van der Waals surface area contributed by atoms with Crippen molar-refractivity contribution in [2.24, 2.45) is 0 Å². The number of carbonyl (C=O) groups excluding carboxylic acids is 2. The Bertz CT molecular complexity index is 803. The van der Waals surface area contributed by atoms with Crippen LogP contribution in [0.25, 0.3) is 0 Å². The minimum Gasteiger partial charge on any atom is -0.445 e. The van der Waals surface area contributed by atoms with E-state index in [1.807, 2.05) is 12.1 Å². The van der Waals surface area contributed by atoms with E-state index in [2.05, 4.69) is 21.2 Å². The van der Waals surface area contributed by atoms with Gasteiger partial charge in [-0.3, -0.25) is 4.79 Å². The number of cyclic esters (lactones) is 1. The van der Waals surface area contributed by atoms with Gasteiger partial charge in [-0.2, -0.15) is 0 Å². The van der Waals surface area contributed by atoms with E-state index < -0.39 is 23.3 Å². The first-order valence-electron chi connectivity index (χ1n) is 7.42. The van der Waals surface area contributed by atoms with Crippen molar-refractivity contribution in [2.75, 3.05) is 0 Å². The zero-order chi connectivity index (χ0) is 17.3. The topological polar surface area (TPSA) is 55.4 Å². The van der Waals surface area contributed by atoms with Crippen LogP contribution in [0.15, 0.2) is 46.9 Å². The Balaban J connectivity index is 1.74. The second-order valence-electron chi connectivity index (χ2n) is 5.91. The van der Waals surface area contributed by atoms with Gasteiger partial charge in [-0.1, -0.05) is 34.1 Å². The summed E-state index contributed by atoms with van der Waals surface area (Å²) >= 11 is 3.21. The molecular formula is C18H15BrFNO3. The van der Waals surface area contributed by atoms with Gasteiger partial charge >= 0.3 is 5.97 Å². The van der Waals surface area contributed by atoms with E-state index in [4.69, 9.17) is 4.74 Å². The van der Waals surface area contributed by atoms with Crippen molar-refractivity contribution in [3.05, 3.63) is 69.4 Å². The molecule has 24 heavy (non-hydrogen) atoms. The van der Waals surface area contributed by atoms with Crippen molar-refractivity contribution in [3.63, 3.8) is 0 Å². The molecule has 1 unspecified atom stereocenters. The third-order valence-electron chi connectivity index (χ3n) is 3.94. The molecule has 4 nitrogen and oxygen atoms in total. The summed E-state index contributed by atoms with van der Waals surface area (Å²) in [5.74, 6) is -1.31. The van der Waals surface area contributed by atoms with E-state index in [-0.39, 0.29) is 6.54 Å². The average Bonchev–Trinajstić information content (AvgIpc) is 2.51. The Kier molecular flexibility index (Phi) is 4.41. The lowest BCUT2D eigenvalue weighted by molar-refractivity contribution is -0.140. The van der Waals surface area contributed by atoms with Crippen molar-refractivity contribution in [1.82, 2.24) is 5.32 Å². The van der Waals surface area contributed by atoms with Gasteiger partial charge in [0.15, 0.2) is 5.60 Å². The zero-order valence-electron chi connectivity index (χ0n) is 12.9. The van der Waals surface area contributed by atoms with E-state index in [0.717, 1.165) is 5.56 Å². The Morgan fingerprint density at radius 3 is 2.83 bits per heavy atom. The fourth-order valence-electron chi connectivity index (χ4n) is 2.74. The van der Waals surface area contributed by atoms with Gasteiger partial charge in [-0.15, -0.1) is 0 Å². The lowest BCUT2D eigenvalue weighted by atomic mass is 9.89. The lowest BCUT2D eigenvalue weighted by Gasteiger charge is -2.33. The van der Waals surface area contributed by atoms with E-state index in [1.165, 1.54) is 12.1 Å². The first-order valence-corrected chi connectivity index (χ1v) is 8.21. The molecule has 0 aliphatic carbocycles. The fraction of sp³-hybridized carbons (Fsp3) is 0.222. The molecule has 0 spiro atoms. The highest BCUT2D eigenvalue weighted by Crippen LogP contribution is 2.28. The van der Waals surface area contributed by atoms with Gasteiger partial charge in [0.05, 0.1) is 5.56 Å². The number of fused-ring (bicyclic) bond motifs is 1. The monoisotopic (exact) mass is 391 g/mol. The number of hydrogen-bond acceptors (Lipinski definition) is 3. The van der Waals surface area contributed by atoms with Crippen LogP contribution in [0.5, 0.6) is 0 Å². The summed E-state index contributed by atoms with van der Waals surface area (Å²) < 4.78 is 19.3. The number of amides is 1. The van der Waals surface area contributed by atoms with Crippen molar-refractivity contribution < 1.29 is 18.7 Å². The number of carbonyl (C=O) groups is 2. The van der Waals surface area contributed by atoms with Gasteiger partial charge in [-0.05, 0) is 42.3 Å². The lowest BCUT2D eigenvalue weighted by Crippen LogP contribution is -2.51. The van der Waals surface area contributed by atoms with Gasteiger partial charge in [0.1, 0.15) is 5.82 Å². The summed E-state index contributed by atoms with van der Waals surface area (Å²) in [7, 11) is 0. The molecule has 0 saturated carbocycles. The van der Waals surface area contributed by atoms with Crippen LogP contribution < -0.4 is 5.32 Å². The fourth-order valence-corrected chi connectivity index (χ4v) is 3.25. The Labute approximate surface area is 147 Å². The molecule has 1 aliphatic heterocycles. The molecule has 1 heterocycles. The van der Waals surface area contributed by atoms with E-state index in [0.29, 0.717) is 22.0 Å². The maximum atomic E-state index is 13.4. The van der Waals surface area contributed by atoms with Crippen LogP contribution in [-0.4, -0.2) is 17.5 Å². The molecule has 0 radical (unpaired) electrons. The number of halogens is 2. The maximum absolute atomic E-state index is 13.4. The predicted octanol–water partition coefficient (Wildman–Crippen LogP) is 3.38. The molecule has 1 amide bonds. The van der Waals surface area contributed by atoms with Crippen molar-refractivity contribution >= 4 is 27.8 Å². The van der Waals surface area contributed by atoms with Crippen LogP contribution in [0.4, 0.5) is 4.39 Å². The van der Waals surface area contributed by atoms with Crippen LogP contribution >= 0.6 is 15.9 Å². The molecule has 124 valence electrons. The van der Waals surface area contributed by atoms with Crippen LogP contribution in [-0.2, 0) is 22.5 Å². The number of rotatable bonds is 3. The molecular weight excluding hydrogens is 377 g/mol. The number of esters is 1. The smallest absolute Gasteiger partial charge is 0.339 e. The molecule has 2 aromatic carbocycles. The molecule has 2 aromatic rings. The van der Waals surface area contributed by atoms with Gasteiger partial charge < -0.3 is 10.1 Å². The van der Waals surface area contributed by atoms with Gasteiger partial charge in [0.2, 0.25) is 0 Å². The van der Waals surface area contributed by atoms with E-state index >= 15 is 0 Å². The largest absolute Gasteiger partial charge is 0.445 e. The van der Waals surface area contributed by atoms with Crippen molar-refractivity contribution in [3.8, 4) is 0 Å². The molecule has 1 aliphatic rings. The highest BCUT2D eigenvalue weighted by atomic mass is 79.9. The van der Waals surface area contributed by atoms with Gasteiger partial charge in [0, 0.05) is 17.4 Å². The summed E-state index contributed by atoms with van der Waals surface area (Å²) in [5, 5.41) is 2.71. The number of hydrogen-bond donors (Lipinski definition) is 1. The molecule has 6 heteroatoms. The highest BCUT2D eigenvalue weighted by molar-refractivity contribution is 9.10. The molecule has 0 fully saturated rings. The van der Waals surface area contributed by atoms with Crippen LogP contribution in [0.1, 0.15) is 28.4 Å². The van der Waals surface area contributed by atoms with E-state index in [1.54, 1.807) is 25.1 Å². The summed E-state index contributed by atoms with van der Waals surface area (Å²) in [6.07, 6.45) is 0.299. The summed E-state index contributed by atoms with van der Waals surface area (Å²) in [4.78, 5) is 24.6. The van der Waals surface area contributed by atoms with Crippen LogP contribution in [0.2, 0.25) is 0 Å². The molecule has 0 saturated heterocycles. The molecule has 0 aromatic heterocycles. The SMILES string of the molecule is CC1(C(=O)NCc2cc(F)cc(Br)c2)Cc2ccccc2C(=O)O1. The molecule has 0 bridgehead atoms. The normalized spacial score (nSPS) is 19.4. The average molecular weight is 392 g/mol. The molecule has 1 atom stereocenters. The third kappa shape index (κ3) is 3.33. The van der Waals surface area contributed by atoms with Gasteiger partial charge in [-0.25, -0.2) is 9.18 Å². The molecule has 3 rings (SSSR count). The number of benzene rings is 2. The van der Waals surface area contributed by atoms with Crippen molar-refractivity contribution in [1.29, 1.82) is 0 Å². The number of ether oxygens (including phenoxy) is 1. The third-order valence-corrected chi connectivity index (χ3v) is 4.40. The maximum Gasteiger partial charge on any atom is 0.339 e. The summed E-state index contributed by atoms with van der Waals surface area (Å²) in [6, 6.07) is 11.5. The molecule has 1 N–H and O–H groups in total. The summed E-state index contributed by atoms with van der Waals surface area (Å²) in [6.45, 7) is 1.72. The van der Waals surface area contributed by atoms with Crippen molar-refractivity contribution in [2.45, 2.75) is 25.5 Å². The Hall–Kier alpha value is -2.21. The Morgan fingerprint density at radius 2 is 2.08 bits per heavy atom. The summed E-state index contributed by atoms with van der Waals surface area (Å²) in [5.41, 5.74) is 0.591. The second kappa shape index (κ2) is 6.36. The van der Waals surface area contributed by atoms with Gasteiger partial charge in [0.25, 0.3) is 5.91 Å².